The highest BCUT2D eigenvalue weighted by molar-refractivity contribution is 5.03. The molecule has 104 valence electrons. The Morgan fingerprint density at radius 2 is 2.22 bits per heavy atom. The van der Waals surface area contributed by atoms with E-state index >= 15 is 0 Å². The van der Waals surface area contributed by atoms with Crippen molar-refractivity contribution in [3.63, 3.8) is 0 Å². The van der Waals surface area contributed by atoms with Crippen LogP contribution >= 0.6 is 0 Å². The van der Waals surface area contributed by atoms with Gasteiger partial charge in [-0.2, -0.15) is 5.10 Å². The minimum atomic E-state index is 0.224. The molecule has 18 heavy (non-hydrogen) atoms. The second-order valence-electron chi connectivity index (χ2n) is 5.64. The van der Waals surface area contributed by atoms with Crippen LogP contribution in [0.4, 0.5) is 0 Å². The van der Waals surface area contributed by atoms with Gasteiger partial charge in [-0.1, -0.05) is 20.8 Å². The SMILES string of the molecule is COCCNCC(C)(Cc1ccn(C)n1)C(C)C. The maximum atomic E-state index is 5.06. The summed E-state index contributed by atoms with van der Waals surface area (Å²) in [6.07, 6.45) is 3.01. The van der Waals surface area contributed by atoms with Crippen LogP contribution in [0.3, 0.4) is 0 Å². The Kier molecular flexibility index (Phi) is 5.82. The zero-order valence-corrected chi connectivity index (χ0v) is 12.4. The molecular weight excluding hydrogens is 226 g/mol. The van der Waals surface area contributed by atoms with Gasteiger partial charge in [0.2, 0.25) is 0 Å². The molecule has 0 bridgehead atoms. The summed E-state index contributed by atoms with van der Waals surface area (Å²) in [5, 5.41) is 7.96. The third-order valence-electron chi connectivity index (χ3n) is 3.76. The van der Waals surface area contributed by atoms with Crippen molar-refractivity contribution in [3.8, 4) is 0 Å². The van der Waals surface area contributed by atoms with E-state index in [1.807, 2.05) is 17.9 Å². The topological polar surface area (TPSA) is 39.1 Å². The van der Waals surface area contributed by atoms with E-state index in [1.165, 1.54) is 5.69 Å². The molecule has 0 fully saturated rings. The van der Waals surface area contributed by atoms with Gasteiger partial charge < -0.3 is 10.1 Å². The second-order valence-corrected chi connectivity index (χ2v) is 5.64. The highest BCUT2D eigenvalue weighted by Crippen LogP contribution is 2.30. The summed E-state index contributed by atoms with van der Waals surface area (Å²) in [5.74, 6) is 0.606. The highest BCUT2D eigenvalue weighted by atomic mass is 16.5. The molecule has 0 aliphatic carbocycles. The maximum absolute atomic E-state index is 5.06. The van der Waals surface area contributed by atoms with E-state index in [2.05, 4.69) is 37.3 Å². The van der Waals surface area contributed by atoms with Crippen molar-refractivity contribution in [2.75, 3.05) is 26.8 Å². The van der Waals surface area contributed by atoms with Crippen LogP contribution in [-0.4, -0.2) is 36.6 Å². The monoisotopic (exact) mass is 253 g/mol. The standard InChI is InChI=1S/C14H27N3O/c1-12(2)14(3,11-15-7-9-18-5)10-13-6-8-17(4)16-13/h6,8,12,15H,7,9-11H2,1-5H3. The molecule has 0 radical (unpaired) electrons. The lowest BCUT2D eigenvalue weighted by Gasteiger charge is -2.33. The van der Waals surface area contributed by atoms with Crippen LogP contribution in [-0.2, 0) is 18.2 Å². The van der Waals surface area contributed by atoms with Gasteiger partial charge >= 0.3 is 0 Å². The van der Waals surface area contributed by atoms with Crippen molar-refractivity contribution in [2.45, 2.75) is 27.2 Å². The van der Waals surface area contributed by atoms with Gasteiger partial charge in [0.05, 0.1) is 12.3 Å². The molecular formula is C14H27N3O. The summed E-state index contributed by atoms with van der Waals surface area (Å²) < 4.78 is 6.93. The molecule has 1 N–H and O–H groups in total. The first-order chi connectivity index (χ1) is 8.48. The molecule has 0 aromatic carbocycles. The Hall–Kier alpha value is -0.870. The molecule has 0 spiro atoms. The Bertz CT molecular complexity index is 349. The first kappa shape index (κ1) is 15.2. The molecule has 4 heteroatoms. The predicted molar refractivity (Wildman–Crippen MR) is 74.6 cm³/mol. The van der Waals surface area contributed by atoms with Gasteiger partial charge in [-0.3, -0.25) is 4.68 Å². The van der Waals surface area contributed by atoms with Crippen LogP contribution in [0.25, 0.3) is 0 Å². The zero-order chi connectivity index (χ0) is 13.6. The normalized spacial score (nSPS) is 15.0. The summed E-state index contributed by atoms with van der Waals surface area (Å²) in [6.45, 7) is 9.54. The van der Waals surface area contributed by atoms with Gasteiger partial charge in [-0.05, 0) is 23.8 Å². The van der Waals surface area contributed by atoms with E-state index in [4.69, 9.17) is 4.74 Å². The van der Waals surface area contributed by atoms with Crippen molar-refractivity contribution in [1.82, 2.24) is 15.1 Å². The fourth-order valence-corrected chi connectivity index (χ4v) is 1.99. The van der Waals surface area contributed by atoms with Gasteiger partial charge in [0.25, 0.3) is 0 Å². The third kappa shape index (κ3) is 4.42. The average molecular weight is 253 g/mol. The third-order valence-corrected chi connectivity index (χ3v) is 3.76. The summed E-state index contributed by atoms with van der Waals surface area (Å²) in [5.41, 5.74) is 1.39. The quantitative estimate of drug-likeness (QED) is 0.719. The van der Waals surface area contributed by atoms with Crippen molar-refractivity contribution in [3.05, 3.63) is 18.0 Å². The smallest absolute Gasteiger partial charge is 0.0630 e. The molecule has 0 amide bonds. The van der Waals surface area contributed by atoms with Crippen LogP contribution in [0.2, 0.25) is 0 Å². The fraction of sp³-hybridized carbons (Fsp3) is 0.786. The number of methoxy groups -OCH3 is 1. The molecule has 1 unspecified atom stereocenters. The number of nitrogens with one attached hydrogen (secondary N) is 1. The van der Waals surface area contributed by atoms with E-state index in [0.717, 1.165) is 26.1 Å². The largest absolute Gasteiger partial charge is 0.383 e. The van der Waals surface area contributed by atoms with E-state index < -0.39 is 0 Å². The van der Waals surface area contributed by atoms with Gasteiger partial charge in [0, 0.05) is 33.4 Å². The summed E-state index contributed by atoms with van der Waals surface area (Å²) in [4.78, 5) is 0. The molecule has 0 aliphatic rings. The minimum Gasteiger partial charge on any atom is -0.383 e. The van der Waals surface area contributed by atoms with Gasteiger partial charge in [-0.15, -0.1) is 0 Å². The van der Waals surface area contributed by atoms with E-state index in [1.54, 1.807) is 7.11 Å². The first-order valence-corrected chi connectivity index (χ1v) is 6.66. The Morgan fingerprint density at radius 1 is 1.50 bits per heavy atom. The van der Waals surface area contributed by atoms with Gasteiger partial charge in [0.1, 0.15) is 0 Å². The maximum Gasteiger partial charge on any atom is 0.0630 e. The first-order valence-electron chi connectivity index (χ1n) is 6.66. The molecule has 1 heterocycles. The summed E-state index contributed by atoms with van der Waals surface area (Å²) in [6, 6.07) is 2.11. The van der Waals surface area contributed by atoms with Crippen LogP contribution in [0, 0.1) is 11.3 Å². The lowest BCUT2D eigenvalue weighted by molar-refractivity contribution is 0.174. The molecule has 1 aromatic rings. The lowest BCUT2D eigenvalue weighted by Crippen LogP contribution is -2.39. The van der Waals surface area contributed by atoms with Gasteiger partial charge in [-0.25, -0.2) is 0 Å². The van der Waals surface area contributed by atoms with E-state index in [-0.39, 0.29) is 5.41 Å². The van der Waals surface area contributed by atoms with Crippen molar-refractivity contribution in [2.24, 2.45) is 18.4 Å². The van der Waals surface area contributed by atoms with Crippen molar-refractivity contribution >= 4 is 0 Å². The molecule has 0 aliphatic heterocycles. The number of aromatic nitrogens is 2. The Morgan fingerprint density at radius 3 is 2.72 bits per heavy atom. The molecule has 1 aromatic heterocycles. The highest BCUT2D eigenvalue weighted by Gasteiger charge is 2.29. The number of ether oxygens (including phenoxy) is 1. The Labute approximate surface area is 111 Å². The van der Waals surface area contributed by atoms with Crippen LogP contribution in [0.5, 0.6) is 0 Å². The fourth-order valence-electron chi connectivity index (χ4n) is 1.99. The zero-order valence-electron chi connectivity index (χ0n) is 12.4. The van der Waals surface area contributed by atoms with Crippen LogP contribution in [0.1, 0.15) is 26.5 Å². The molecule has 4 nitrogen and oxygen atoms in total. The number of hydrogen-bond donors (Lipinski definition) is 1. The lowest BCUT2D eigenvalue weighted by atomic mass is 9.75. The van der Waals surface area contributed by atoms with E-state index in [9.17, 15) is 0 Å². The molecule has 0 saturated heterocycles. The summed E-state index contributed by atoms with van der Waals surface area (Å²) in [7, 11) is 3.70. The second kappa shape index (κ2) is 6.90. The minimum absolute atomic E-state index is 0.224. The number of rotatable bonds is 8. The van der Waals surface area contributed by atoms with Crippen molar-refractivity contribution in [1.29, 1.82) is 0 Å². The molecule has 1 rings (SSSR count). The van der Waals surface area contributed by atoms with E-state index in [0.29, 0.717) is 5.92 Å². The summed E-state index contributed by atoms with van der Waals surface area (Å²) >= 11 is 0. The van der Waals surface area contributed by atoms with Crippen LogP contribution < -0.4 is 5.32 Å². The van der Waals surface area contributed by atoms with Crippen LogP contribution in [0.15, 0.2) is 12.3 Å². The number of hydrogen-bond acceptors (Lipinski definition) is 3. The number of nitrogens with zero attached hydrogens (tertiary/aromatic N) is 2. The average Bonchev–Trinajstić information content (AvgIpc) is 2.70. The number of aryl methyl sites for hydroxylation is 1. The predicted octanol–water partition coefficient (Wildman–Crippen LogP) is 1.86. The molecule has 0 saturated carbocycles. The molecule has 1 atom stereocenters. The van der Waals surface area contributed by atoms with Gasteiger partial charge in [0.15, 0.2) is 0 Å². The van der Waals surface area contributed by atoms with Crippen molar-refractivity contribution < 1.29 is 4.74 Å². The Balaban J connectivity index is 2.56.